The van der Waals surface area contributed by atoms with Crippen LogP contribution in [0.15, 0.2) is 53.4 Å². The van der Waals surface area contributed by atoms with Crippen LogP contribution >= 0.6 is 11.8 Å². The molecule has 3 amide bonds. The third-order valence-electron chi connectivity index (χ3n) is 4.15. The Kier molecular flexibility index (Phi) is 5.84. The molecule has 0 fully saturated rings. The lowest BCUT2D eigenvalue weighted by Gasteiger charge is -2.18. The fraction of sp³-hybridized carbons (Fsp3) is 0.190. The number of nitrogens with zero attached hydrogens (tertiary/aromatic N) is 1. The minimum atomic E-state index is -0.391. The summed E-state index contributed by atoms with van der Waals surface area (Å²) in [6.07, 6.45) is 0. The van der Waals surface area contributed by atoms with E-state index in [1.54, 1.807) is 48.5 Å². The summed E-state index contributed by atoms with van der Waals surface area (Å²) < 4.78 is 5.33. The molecule has 0 bridgehead atoms. The van der Waals surface area contributed by atoms with Crippen molar-refractivity contribution >= 4 is 46.4 Å². The van der Waals surface area contributed by atoms with Gasteiger partial charge in [0, 0.05) is 12.6 Å². The monoisotopic (exact) mass is 396 g/mol. The SMILES string of the molecule is CCSC1=C(c2ccc(NC(C)=O)cc2)C(=O)N(c2ccccc2OC)C1=O. The lowest BCUT2D eigenvalue weighted by molar-refractivity contribution is -0.120. The molecule has 0 saturated carbocycles. The van der Waals surface area contributed by atoms with Crippen LogP contribution in [-0.2, 0) is 14.4 Å². The zero-order valence-electron chi connectivity index (χ0n) is 15.8. The first-order chi connectivity index (χ1) is 13.5. The Morgan fingerprint density at radius 1 is 1.07 bits per heavy atom. The lowest BCUT2D eigenvalue weighted by atomic mass is 10.1. The lowest BCUT2D eigenvalue weighted by Crippen LogP contribution is -2.31. The van der Waals surface area contributed by atoms with Gasteiger partial charge < -0.3 is 10.1 Å². The maximum Gasteiger partial charge on any atom is 0.272 e. The second kappa shape index (κ2) is 8.31. The average Bonchev–Trinajstić information content (AvgIpc) is 2.92. The predicted octanol–water partition coefficient (Wildman–Crippen LogP) is 3.69. The Morgan fingerprint density at radius 3 is 2.36 bits per heavy atom. The van der Waals surface area contributed by atoms with Crippen molar-refractivity contribution < 1.29 is 19.1 Å². The average molecular weight is 396 g/mol. The first kappa shape index (κ1) is 19.7. The molecule has 144 valence electrons. The van der Waals surface area contributed by atoms with Crippen LogP contribution in [0.25, 0.3) is 5.57 Å². The van der Waals surface area contributed by atoms with Crippen LogP contribution in [0.1, 0.15) is 19.4 Å². The number of rotatable bonds is 6. The van der Waals surface area contributed by atoms with Crippen molar-refractivity contribution in [2.45, 2.75) is 13.8 Å². The van der Waals surface area contributed by atoms with Gasteiger partial charge in [-0.25, -0.2) is 4.90 Å². The van der Waals surface area contributed by atoms with Gasteiger partial charge in [-0.05, 0) is 35.6 Å². The number of benzene rings is 2. The van der Waals surface area contributed by atoms with Crippen molar-refractivity contribution in [3.63, 3.8) is 0 Å². The molecule has 2 aromatic rings. The van der Waals surface area contributed by atoms with Crippen molar-refractivity contribution in [3.8, 4) is 5.75 Å². The van der Waals surface area contributed by atoms with Gasteiger partial charge in [0.25, 0.3) is 11.8 Å². The number of anilines is 2. The zero-order valence-corrected chi connectivity index (χ0v) is 16.6. The summed E-state index contributed by atoms with van der Waals surface area (Å²) in [6, 6.07) is 13.8. The first-order valence-corrected chi connectivity index (χ1v) is 9.73. The first-order valence-electron chi connectivity index (χ1n) is 8.74. The molecule has 7 heteroatoms. The van der Waals surface area contributed by atoms with E-state index in [-0.39, 0.29) is 11.8 Å². The summed E-state index contributed by atoms with van der Waals surface area (Å²) in [4.78, 5) is 39.1. The molecule has 0 saturated heterocycles. The third kappa shape index (κ3) is 3.66. The predicted molar refractivity (Wildman–Crippen MR) is 111 cm³/mol. The van der Waals surface area contributed by atoms with E-state index in [0.29, 0.717) is 38.9 Å². The van der Waals surface area contributed by atoms with Crippen LogP contribution in [0.3, 0.4) is 0 Å². The van der Waals surface area contributed by atoms with Crippen molar-refractivity contribution in [1.29, 1.82) is 0 Å². The quantitative estimate of drug-likeness (QED) is 0.754. The highest BCUT2D eigenvalue weighted by Crippen LogP contribution is 2.41. The number of hydrogen-bond donors (Lipinski definition) is 1. The number of imide groups is 1. The number of carbonyl (C=O) groups is 3. The van der Waals surface area contributed by atoms with Gasteiger partial charge in [-0.3, -0.25) is 14.4 Å². The fourth-order valence-corrected chi connectivity index (χ4v) is 3.85. The molecular weight excluding hydrogens is 376 g/mol. The number of nitrogens with one attached hydrogen (secondary N) is 1. The second-order valence-electron chi connectivity index (χ2n) is 6.01. The van der Waals surface area contributed by atoms with Gasteiger partial charge in [0.1, 0.15) is 5.75 Å². The Balaban J connectivity index is 2.04. The van der Waals surface area contributed by atoms with Crippen LogP contribution < -0.4 is 15.0 Å². The van der Waals surface area contributed by atoms with Crippen LogP contribution in [0.5, 0.6) is 5.75 Å². The van der Waals surface area contributed by atoms with E-state index in [4.69, 9.17) is 4.74 Å². The summed E-state index contributed by atoms with van der Waals surface area (Å²) in [5.41, 5.74) is 2.02. The number of amides is 3. The van der Waals surface area contributed by atoms with Gasteiger partial charge in [-0.2, -0.15) is 0 Å². The number of para-hydroxylation sites is 2. The van der Waals surface area contributed by atoms with E-state index in [2.05, 4.69) is 5.32 Å². The molecule has 1 heterocycles. The number of thioether (sulfide) groups is 1. The van der Waals surface area contributed by atoms with E-state index in [1.807, 2.05) is 6.92 Å². The number of hydrogen-bond acceptors (Lipinski definition) is 5. The van der Waals surface area contributed by atoms with Crippen molar-refractivity contribution in [2.75, 3.05) is 23.1 Å². The van der Waals surface area contributed by atoms with Gasteiger partial charge in [-0.1, -0.05) is 31.2 Å². The summed E-state index contributed by atoms with van der Waals surface area (Å²) in [5.74, 6) is 0.178. The molecule has 3 rings (SSSR count). The van der Waals surface area contributed by atoms with E-state index in [1.165, 1.54) is 25.8 Å². The second-order valence-corrected chi connectivity index (χ2v) is 7.29. The molecule has 0 unspecified atom stereocenters. The maximum atomic E-state index is 13.2. The highest BCUT2D eigenvalue weighted by atomic mass is 32.2. The number of ether oxygens (including phenoxy) is 1. The Labute approximate surface area is 167 Å². The Bertz CT molecular complexity index is 967. The largest absolute Gasteiger partial charge is 0.495 e. The van der Waals surface area contributed by atoms with E-state index in [9.17, 15) is 14.4 Å². The van der Waals surface area contributed by atoms with Crippen LogP contribution in [0.2, 0.25) is 0 Å². The standard InChI is InChI=1S/C21H20N2O4S/c1-4-28-19-18(14-9-11-15(12-10-14)22-13(2)24)20(25)23(21(19)26)16-7-5-6-8-17(16)27-3/h5-12H,4H2,1-3H3,(H,22,24). The summed E-state index contributed by atoms with van der Waals surface area (Å²) in [6.45, 7) is 3.36. The molecule has 0 radical (unpaired) electrons. The van der Waals surface area contributed by atoms with Crippen molar-refractivity contribution in [3.05, 3.63) is 59.0 Å². The molecule has 0 aliphatic carbocycles. The highest BCUT2D eigenvalue weighted by molar-refractivity contribution is 8.04. The van der Waals surface area contributed by atoms with Crippen LogP contribution in [-0.4, -0.2) is 30.6 Å². The number of carbonyl (C=O) groups excluding carboxylic acids is 3. The van der Waals surface area contributed by atoms with Gasteiger partial charge >= 0.3 is 0 Å². The molecule has 0 aromatic heterocycles. The Morgan fingerprint density at radius 2 is 1.75 bits per heavy atom. The fourth-order valence-electron chi connectivity index (χ4n) is 3.00. The normalized spacial score (nSPS) is 13.9. The minimum absolute atomic E-state index is 0.177. The molecule has 2 aromatic carbocycles. The molecular formula is C21H20N2O4S. The highest BCUT2D eigenvalue weighted by Gasteiger charge is 2.41. The molecule has 1 N–H and O–H groups in total. The van der Waals surface area contributed by atoms with E-state index < -0.39 is 5.91 Å². The third-order valence-corrected chi connectivity index (χ3v) is 5.11. The molecule has 6 nitrogen and oxygen atoms in total. The smallest absolute Gasteiger partial charge is 0.272 e. The van der Waals surface area contributed by atoms with Gasteiger partial charge in [0.15, 0.2) is 0 Å². The van der Waals surface area contributed by atoms with Gasteiger partial charge in [-0.15, -0.1) is 11.8 Å². The van der Waals surface area contributed by atoms with E-state index >= 15 is 0 Å². The maximum absolute atomic E-state index is 13.2. The molecule has 0 spiro atoms. The minimum Gasteiger partial charge on any atom is -0.495 e. The van der Waals surface area contributed by atoms with Gasteiger partial charge in [0.05, 0.1) is 23.3 Å². The van der Waals surface area contributed by atoms with E-state index in [0.717, 1.165) is 4.90 Å². The summed E-state index contributed by atoms with van der Waals surface area (Å²) in [7, 11) is 1.50. The van der Waals surface area contributed by atoms with Crippen LogP contribution in [0, 0.1) is 0 Å². The zero-order chi connectivity index (χ0) is 20.3. The molecule has 1 aliphatic heterocycles. The number of methoxy groups -OCH3 is 1. The van der Waals surface area contributed by atoms with Crippen molar-refractivity contribution in [1.82, 2.24) is 0 Å². The summed E-state index contributed by atoms with van der Waals surface area (Å²) >= 11 is 1.34. The van der Waals surface area contributed by atoms with Gasteiger partial charge in [0.2, 0.25) is 5.91 Å². The topological polar surface area (TPSA) is 75.7 Å². The summed E-state index contributed by atoms with van der Waals surface area (Å²) in [5, 5.41) is 2.69. The molecule has 28 heavy (non-hydrogen) atoms. The Hall–Kier alpha value is -3.06. The van der Waals surface area contributed by atoms with Crippen LogP contribution in [0.4, 0.5) is 11.4 Å². The molecule has 1 aliphatic rings. The molecule has 0 atom stereocenters. The van der Waals surface area contributed by atoms with Crippen molar-refractivity contribution in [2.24, 2.45) is 0 Å².